The van der Waals surface area contributed by atoms with Gasteiger partial charge in [0.1, 0.15) is 6.54 Å². The molecule has 13 heavy (non-hydrogen) atoms. The molecule has 5 nitrogen and oxygen atoms in total. The second-order valence-electron chi connectivity index (χ2n) is 2.49. The summed E-state index contributed by atoms with van der Waals surface area (Å²) in [5.74, 6) is -0.278. The molecule has 1 aromatic rings. The molecule has 1 rings (SSSR count). The van der Waals surface area contributed by atoms with Crippen LogP contribution in [-0.4, -0.2) is 34.4 Å². The van der Waals surface area contributed by atoms with E-state index in [-0.39, 0.29) is 6.54 Å². The van der Waals surface area contributed by atoms with Crippen molar-refractivity contribution in [3.05, 3.63) is 18.3 Å². The average molecular weight is 181 g/mol. The van der Waals surface area contributed by atoms with Crippen molar-refractivity contribution in [1.29, 1.82) is 0 Å². The second kappa shape index (κ2) is 4.39. The van der Waals surface area contributed by atoms with Crippen molar-refractivity contribution >= 4 is 11.8 Å². The Labute approximate surface area is 76.0 Å². The van der Waals surface area contributed by atoms with Crippen molar-refractivity contribution in [3.63, 3.8) is 0 Å². The van der Waals surface area contributed by atoms with Gasteiger partial charge < -0.3 is 10.0 Å². The van der Waals surface area contributed by atoms with Gasteiger partial charge in [0, 0.05) is 12.7 Å². The molecule has 0 aliphatic rings. The number of carboxylic acid groups (broad SMARTS) is 1. The zero-order chi connectivity index (χ0) is 9.68. The molecular weight excluding hydrogens is 170 g/mol. The van der Waals surface area contributed by atoms with Crippen molar-refractivity contribution in [1.82, 2.24) is 10.2 Å². The maximum Gasteiger partial charge on any atom is 0.323 e. The van der Waals surface area contributed by atoms with Crippen molar-refractivity contribution in [2.75, 3.05) is 18.0 Å². The molecule has 0 atom stereocenters. The summed E-state index contributed by atoms with van der Waals surface area (Å²) in [6.07, 6.45) is 1.55. The SMILES string of the molecule is CCN(CC(=O)O)c1cccnn1. The van der Waals surface area contributed by atoms with Crippen LogP contribution in [0.4, 0.5) is 5.82 Å². The molecule has 0 aliphatic carbocycles. The largest absolute Gasteiger partial charge is 0.480 e. The summed E-state index contributed by atoms with van der Waals surface area (Å²) in [7, 11) is 0. The van der Waals surface area contributed by atoms with Crippen molar-refractivity contribution < 1.29 is 9.90 Å². The number of aliphatic carboxylic acids is 1. The van der Waals surface area contributed by atoms with E-state index in [2.05, 4.69) is 10.2 Å². The molecule has 0 saturated carbocycles. The minimum Gasteiger partial charge on any atom is -0.480 e. The Morgan fingerprint density at radius 1 is 1.69 bits per heavy atom. The van der Waals surface area contributed by atoms with Crippen molar-refractivity contribution in [2.45, 2.75) is 6.92 Å². The predicted molar refractivity (Wildman–Crippen MR) is 47.6 cm³/mol. The Bertz CT molecular complexity index is 276. The van der Waals surface area contributed by atoms with Crippen LogP contribution in [0.25, 0.3) is 0 Å². The Hall–Kier alpha value is -1.65. The van der Waals surface area contributed by atoms with E-state index >= 15 is 0 Å². The Balaban J connectivity index is 2.73. The molecule has 0 aromatic carbocycles. The first-order valence-corrected chi connectivity index (χ1v) is 3.98. The maximum absolute atomic E-state index is 10.5. The number of hydrogen-bond acceptors (Lipinski definition) is 4. The number of hydrogen-bond donors (Lipinski definition) is 1. The van der Waals surface area contributed by atoms with Crippen LogP contribution in [0.3, 0.4) is 0 Å². The van der Waals surface area contributed by atoms with E-state index in [9.17, 15) is 4.79 Å². The van der Waals surface area contributed by atoms with E-state index in [1.54, 1.807) is 23.2 Å². The van der Waals surface area contributed by atoms with E-state index in [1.165, 1.54) is 0 Å². The van der Waals surface area contributed by atoms with Crippen LogP contribution in [0.15, 0.2) is 18.3 Å². The van der Waals surface area contributed by atoms with Crippen LogP contribution in [0.2, 0.25) is 0 Å². The number of rotatable bonds is 4. The van der Waals surface area contributed by atoms with Gasteiger partial charge in [-0.1, -0.05) is 0 Å². The number of carbonyl (C=O) groups is 1. The number of anilines is 1. The molecule has 1 N–H and O–H groups in total. The van der Waals surface area contributed by atoms with Gasteiger partial charge in [-0.25, -0.2) is 0 Å². The normalized spacial score (nSPS) is 9.62. The van der Waals surface area contributed by atoms with Gasteiger partial charge in [0.05, 0.1) is 0 Å². The standard InChI is InChI=1S/C8H11N3O2/c1-2-11(6-8(12)13)7-4-3-5-9-10-7/h3-5H,2,6H2,1H3,(H,12,13). The molecule has 70 valence electrons. The average Bonchev–Trinajstić information content (AvgIpc) is 2.15. The molecule has 0 bridgehead atoms. The fraction of sp³-hybridized carbons (Fsp3) is 0.375. The summed E-state index contributed by atoms with van der Waals surface area (Å²) >= 11 is 0. The highest BCUT2D eigenvalue weighted by Crippen LogP contribution is 2.06. The third-order valence-electron chi connectivity index (χ3n) is 1.59. The summed E-state index contributed by atoms with van der Waals surface area (Å²) in [6.45, 7) is 2.43. The maximum atomic E-state index is 10.5. The topological polar surface area (TPSA) is 66.3 Å². The number of nitrogens with zero attached hydrogens (tertiary/aromatic N) is 3. The van der Waals surface area contributed by atoms with Crippen LogP contribution in [0.5, 0.6) is 0 Å². The first-order valence-electron chi connectivity index (χ1n) is 3.98. The number of aromatic nitrogens is 2. The Morgan fingerprint density at radius 2 is 2.46 bits per heavy atom. The van der Waals surface area contributed by atoms with Crippen molar-refractivity contribution in [3.8, 4) is 0 Å². The molecule has 0 amide bonds. The lowest BCUT2D eigenvalue weighted by atomic mass is 10.4. The smallest absolute Gasteiger partial charge is 0.323 e. The van der Waals surface area contributed by atoms with Crippen LogP contribution in [0.1, 0.15) is 6.92 Å². The van der Waals surface area contributed by atoms with E-state index in [4.69, 9.17) is 5.11 Å². The predicted octanol–water partition coefficient (Wildman–Crippen LogP) is 0.387. The highest BCUT2D eigenvalue weighted by Gasteiger charge is 2.08. The fourth-order valence-electron chi connectivity index (χ4n) is 0.980. The van der Waals surface area contributed by atoms with Gasteiger partial charge in [0.15, 0.2) is 5.82 Å². The van der Waals surface area contributed by atoms with Gasteiger partial charge in [-0.3, -0.25) is 4.79 Å². The first kappa shape index (κ1) is 9.44. The summed E-state index contributed by atoms with van der Waals surface area (Å²) < 4.78 is 0. The number of likely N-dealkylation sites (N-methyl/N-ethyl adjacent to an activating group) is 1. The van der Waals surface area contributed by atoms with Gasteiger partial charge >= 0.3 is 5.97 Å². The van der Waals surface area contributed by atoms with E-state index < -0.39 is 5.97 Å². The molecule has 0 fully saturated rings. The molecule has 0 unspecified atom stereocenters. The van der Waals surface area contributed by atoms with E-state index in [0.717, 1.165) is 0 Å². The minimum absolute atomic E-state index is 0.0464. The minimum atomic E-state index is -0.868. The second-order valence-corrected chi connectivity index (χ2v) is 2.49. The van der Waals surface area contributed by atoms with Crippen LogP contribution < -0.4 is 4.90 Å². The molecule has 0 spiro atoms. The molecular formula is C8H11N3O2. The van der Waals surface area contributed by atoms with Gasteiger partial charge in [-0.15, -0.1) is 5.10 Å². The van der Waals surface area contributed by atoms with Gasteiger partial charge in [-0.05, 0) is 19.1 Å². The lowest BCUT2D eigenvalue weighted by Gasteiger charge is -2.17. The van der Waals surface area contributed by atoms with Gasteiger partial charge in [0.25, 0.3) is 0 Å². The molecule has 5 heteroatoms. The number of carboxylic acids is 1. The summed E-state index contributed by atoms with van der Waals surface area (Å²) in [6, 6.07) is 3.46. The van der Waals surface area contributed by atoms with Crippen LogP contribution in [0, 0.1) is 0 Å². The third-order valence-corrected chi connectivity index (χ3v) is 1.59. The van der Waals surface area contributed by atoms with Gasteiger partial charge in [-0.2, -0.15) is 5.10 Å². The summed E-state index contributed by atoms with van der Waals surface area (Å²) in [5, 5.41) is 16.1. The molecule has 0 radical (unpaired) electrons. The zero-order valence-corrected chi connectivity index (χ0v) is 7.34. The van der Waals surface area contributed by atoms with E-state index in [0.29, 0.717) is 12.4 Å². The molecule has 1 heterocycles. The fourth-order valence-corrected chi connectivity index (χ4v) is 0.980. The van der Waals surface area contributed by atoms with Crippen LogP contribution >= 0.6 is 0 Å². The zero-order valence-electron chi connectivity index (χ0n) is 7.34. The molecule has 0 aliphatic heterocycles. The Kier molecular flexibility index (Phi) is 3.19. The quantitative estimate of drug-likeness (QED) is 0.727. The summed E-state index contributed by atoms with van der Waals surface area (Å²) in [5.41, 5.74) is 0. The highest BCUT2D eigenvalue weighted by molar-refractivity contribution is 5.72. The first-order chi connectivity index (χ1) is 6.24. The van der Waals surface area contributed by atoms with Crippen molar-refractivity contribution in [2.24, 2.45) is 0 Å². The van der Waals surface area contributed by atoms with Gasteiger partial charge in [0.2, 0.25) is 0 Å². The Morgan fingerprint density at radius 3 is 2.92 bits per heavy atom. The lowest BCUT2D eigenvalue weighted by Crippen LogP contribution is -2.30. The summed E-state index contributed by atoms with van der Waals surface area (Å²) in [4.78, 5) is 12.1. The third kappa shape index (κ3) is 2.70. The highest BCUT2D eigenvalue weighted by atomic mass is 16.4. The monoisotopic (exact) mass is 181 g/mol. The molecule has 0 saturated heterocycles. The van der Waals surface area contributed by atoms with Crippen LogP contribution in [-0.2, 0) is 4.79 Å². The van der Waals surface area contributed by atoms with E-state index in [1.807, 2.05) is 6.92 Å². The molecule has 1 aromatic heterocycles. The lowest BCUT2D eigenvalue weighted by molar-refractivity contribution is -0.135.